The van der Waals surface area contributed by atoms with Crippen LogP contribution in [0.1, 0.15) is 217 Å². The zero-order valence-electron chi connectivity index (χ0n) is 40.3. The number of hydrogen-bond donors (Lipinski definition) is 0. The largest absolute Gasteiger partial charge is 0.363 e. The van der Waals surface area contributed by atoms with Gasteiger partial charge in [0.25, 0.3) is 0 Å². The van der Waals surface area contributed by atoms with Gasteiger partial charge in [-0.05, 0) is 99.0 Å². The van der Waals surface area contributed by atoms with Crippen LogP contribution in [0.5, 0.6) is 0 Å². The minimum atomic E-state index is -1.10. The van der Waals surface area contributed by atoms with Crippen LogP contribution in [-0.4, -0.2) is 42.5 Å². The Morgan fingerprint density at radius 1 is 0.629 bits per heavy atom. The molecule has 0 N–H and O–H groups in total. The zero-order chi connectivity index (χ0) is 45.1. The smallest absolute Gasteiger partial charge is 0.322 e. The van der Waals surface area contributed by atoms with Gasteiger partial charge in [0.2, 0.25) is 11.6 Å². The summed E-state index contributed by atoms with van der Waals surface area (Å²) in [6, 6.07) is 0.187. The average molecular weight is 882 g/mol. The van der Waals surface area contributed by atoms with Crippen LogP contribution in [0.15, 0.2) is 17.3 Å². The summed E-state index contributed by atoms with van der Waals surface area (Å²) in [5, 5.41) is 11.5. The van der Waals surface area contributed by atoms with Gasteiger partial charge in [0.15, 0.2) is 12.1 Å². The zero-order valence-corrected chi connectivity index (χ0v) is 41.9. The Labute approximate surface area is 387 Å². The average Bonchev–Trinajstić information content (AvgIpc) is 3.90. The van der Waals surface area contributed by atoms with Gasteiger partial charge < -0.3 is 9.80 Å². The molecule has 0 aliphatic carbocycles. The molecule has 0 spiro atoms. The highest BCUT2D eigenvalue weighted by Gasteiger charge is 2.46. The van der Waals surface area contributed by atoms with Crippen LogP contribution in [0.2, 0.25) is 0 Å². The van der Waals surface area contributed by atoms with Crippen LogP contribution < -0.4 is 4.90 Å². The van der Waals surface area contributed by atoms with Crippen molar-refractivity contribution < 1.29 is 4.79 Å². The van der Waals surface area contributed by atoms with E-state index in [2.05, 4.69) is 86.5 Å². The molecule has 0 radical (unpaired) electrons. The Bertz CT molecular complexity index is 1790. The number of rotatable bonds is 34. The highest BCUT2D eigenvalue weighted by atomic mass is 32.1. The fourth-order valence-corrected chi connectivity index (χ4v) is 11.9. The van der Waals surface area contributed by atoms with E-state index in [-0.39, 0.29) is 11.6 Å². The first kappa shape index (κ1) is 53.0. The summed E-state index contributed by atoms with van der Waals surface area (Å²) in [7, 11) is 0. The van der Waals surface area contributed by atoms with Gasteiger partial charge in [0, 0.05) is 35.0 Å². The van der Waals surface area contributed by atoms with Crippen molar-refractivity contribution in [2.45, 2.75) is 227 Å². The second-order valence-electron chi connectivity index (χ2n) is 17.6. The molecule has 2 aromatic rings. The maximum Gasteiger partial charge on any atom is 0.322 e. The van der Waals surface area contributed by atoms with Crippen molar-refractivity contribution >= 4 is 39.7 Å². The SMILES string of the molecule is [C-]#[N+]C1=C(/C=C/c2sc(-c3sc(N(CCCC)CCCC)c(CCCCCC)c3CCCCCC)c(CCCCCC)c2CCCCCC)C(=O)N(CCCC)C1C(C#N)[N+]#[C-]. The number of amides is 1. The molecule has 0 saturated carbocycles. The molecule has 0 aromatic carbocycles. The normalized spacial score (nSPS) is 14.5. The number of hydrogen-bond acceptors (Lipinski definition) is 5. The molecule has 0 fully saturated rings. The molecule has 62 heavy (non-hydrogen) atoms. The molecule has 2 aromatic heterocycles. The van der Waals surface area contributed by atoms with E-state index in [1.165, 1.54) is 153 Å². The van der Waals surface area contributed by atoms with Gasteiger partial charge in [0.1, 0.15) is 0 Å². The van der Waals surface area contributed by atoms with Crippen LogP contribution in [-0.2, 0) is 30.5 Å². The summed E-state index contributed by atoms with van der Waals surface area (Å²) in [4.78, 5) is 30.3. The maximum absolute atomic E-state index is 14.2. The molecule has 0 bridgehead atoms. The van der Waals surface area contributed by atoms with Gasteiger partial charge in [-0.15, -0.1) is 22.7 Å². The lowest BCUT2D eigenvalue weighted by Gasteiger charge is -2.25. The first-order chi connectivity index (χ1) is 30.3. The number of unbranched alkanes of at least 4 members (excludes halogenated alkanes) is 15. The Kier molecular flexibility index (Phi) is 26.2. The topological polar surface area (TPSA) is 56.1 Å². The second kappa shape index (κ2) is 30.7. The van der Waals surface area contributed by atoms with Crippen molar-refractivity contribution in [3.05, 3.63) is 67.3 Å². The maximum atomic E-state index is 14.2. The number of anilines is 1. The minimum absolute atomic E-state index is 0.222. The van der Waals surface area contributed by atoms with Crippen molar-refractivity contribution in [2.75, 3.05) is 24.5 Å². The second-order valence-corrected chi connectivity index (χ2v) is 19.7. The lowest BCUT2D eigenvalue weighted by Crippen LogP contribution is -2.42. The van der Waals surface area contributed by atoms with Crippen molar-refractivity contribution in [3.8, 4) is 15.8 Å². The molecular formula is C54H83N5OS2. The predicted molar refractivity (Wildman–Crippen MR) is 270 cm³/mol. The highest BCUT2D eigenvalue weighted by molar-refractivity contribution is 7.25. The standard InChI is InChI=1S/C54H83N5OS2/c1-10-17-24-28-32-42-43(33-29-25-18-11-2)51(61-48(42)37-36-46-49(57-9)50(47(41-55)56-8)59(53(46)60)40-23-16-7)52-44(34-30-26-19-12-3)45(35-31-27-20-13-4)54(62-52)58(38-21-14-5)39-22-15-6/h36-37,47,50H,10-35,38-40H2,1-7H3/b37-36+. The quantitative estimate of drug-likeness (QED) is 0.0520. The minimum Gasteiger partial charge on any atom is -0.363 e. The highest BCUT2D eigenvalue weighted by Crippen LogP contribution is 2.50. The number of thiophene rings is 2. The van der Waals surface area contributed by atoms with Gasteiger partial charge in [0.05, 0.1) is 16.5 Å². The molecule has 8 heteroatoms. The molecule has 2 unspecified atom stereocenters. The van der Waals surface area contributed by atoms with E-state index < -0.39 is 12.1 Å². The Morgan fingerprint density at radius 3 is 1.56 bits per heavy atom. The molecule has 2 atom stereocenters. The fraction of sp³-hybridized carbons (Fsp3) is 0.704. The van der Waals surface area contributed by atoms with E-state index >= 15 is 0 Å². The van der Waals surface area contributed by atoms with E-state index in [0.717, 1.165) is 58.0 Å². The number of carbonyl (C=O) groups is 1. The van der Waals surface area contributed by atoms with E-state index in [0.29, 0.717) is 12.1 Å². The summed E-state index contributed by atoms with van der Waals surface area (Å²) in [6.07, 6.45) is 34.5. The van der Waals surface area contributed by atoms with Gasteiger partial charge in [-0.1, -0.05) is 151 Å². The summed E-state index contributed by atoms with van der Waals surface area (Å²) in [5.74, 6) is -0.222. The van der Waals surface area contributed by atoms with Gasteiger partial charge in [-0.3, -0.25) is 9.64 Å². The van der Waals surface area contributed by atoms with Crippen LogP contribution >= 0.6 is 22.7 Å². The van der Waals surface area contributed by atoms with Crippen LogP contribution in [0, 0.1) is 24.5 Å². The molecule has 1 amide bonds. The third-order valence-electron chi connectivity index (χ3n) is 12.6. The first-order valence-corrected chi connectivity index (χ1v) is 26.9. The number of carbonyl (C=O) groups excluding carboxylic acids is 1. The predicted octanol–water partition coefficient (Wildman–Crippen LogP) is 16.4. The summed E-state index contributed by atoms with van der Waals surface area (Å²) >= 11 is 4.02. The van der Waals surface area contributed by atoms with Crippen LogP contribution in [0.3, 0.4) is 0 Å². The third kappa shape index (κ3) is 15.1. The lowest BCUT2D eigenvalue weighted by molar-refractivity contribution is -0.126. The number of nitriles is 1. The molecule has 6 nitrogen and oxygen atoms in total. The molecular weight excluding hydrogens is 799 g/mol. The summed E-state index contributed by atoms with van der Waals surface area (Å²) in [5.41, 5.74) is 6.80. The van der Waals surface area contributed by atoms with Crippen LogP contribution in [0.25, 0.3) is 25.5 Å². The van der Waals surface area contributed by atoms with Gasteiger partial charge in [-0.2, -0.15) is 5.26 Å². The van der Waals surface area contributed by atoms with Crippen molar-refractivity contribution in [1.82, 2.24) is 4.90 Å². The van der Waals surface area contributed by atoms with Crippen LogP contribution in [0.4, 0.5) is 5.00 Å². The Balaban J connectivity index is 2.41. The third-order valence-corrected chi connectivity index (χ3v) is 15.4. The van der Waals surface area contributed by atoms with Gasteiger partial charge >= 0.3 is 6.04 Å². The molecule has 1 aliphatic heterocycles. The van der Waals surface area contributed by atoms with Crippen molar-refractivity contribution in [1.29, 1.82) is 5.26 Å². The van der Waals surface area contributed by atoms with E-state index in [9.17, 15) is 10.1 Å². The number of nitrogens with zero attached hydrogens (tertiary/aromatic N) is 5. The molecule has 342 valence electrons. The lowest BCUT2D eigenvalue weighted by atomic mass is 9.93. The van der Waals surface area contributed by atoms with Gasteiger partial charge in [-0.25, -0.2) is 11.4 Å². The van der Waals surface area contributed by atoms with E-state index in [4.69, 9.17) is 13.1 Å². The summed E-state index contributed by atoms with van der Waals surface area (Å²) < 4.78 is 0. The van der Waals surface area contributed by atoms with Crippen molar-refractivity contribution in [3.63, 3.8) is 0 Å². The Hall–Kier alpha value is -3.38. The molecule has 3 heterocycles. The molecule has 3 rings (SSSR count). The van der Waals surface area contributed by atoms with Crippen molar-refractivity contribution in [2.24, 2.45) is 0 Å². The molecule has 1 aliphatic rings. The molecule has 0 saturated heterocycles. The monoisotopic (exact) mass is 882 g/mol. The van der Waals surface area contributed by atoms with E-state index in [1.807, 2.05) is 17.4 Å². The fourth-order valence-electron chi connectivity index (χ4n) is 8.95. The first-order valence-electron chi connectivity index (χ1n) is 25.3. The summed E-state index contributed by atoms with van der Waals surface area (Å²) in [6.45, 7) is 34.6. The Morgan fingerprint density at radius 2 is 1.10 bits per heavy atom. The van der Waals surface area contributed by atoms with E-state index in [1.54, 1.807) is 16.0 Å².